The fourth-order valence-electron chi connectivity index (χ4n) is 7.94. The predicted molar refractivity (Wildman–Crippen MR) is 225 cm³/mol. The van der Waals surface area contributed by atoms with Gasteiger partial charge < -0.3 is 0 Å². The minimum absolute atomic E-state index is 0.853. The van der Waals surface area contributed by atoms with Crippen molar-refractivity contribution in [1.29, 1.82) is 0 Å². The summed E-state index contributed by atoms with van der Waals surface area (Å²) in [6.45, 7) is 0. The first kappa shape index (κ1) is 31.5. The Kier molecular flexibility index (Phi) is 7.81. The minimum atomic E-state index is 0.853. The van der Waals surface area contributed by atoms with Gasteiger partial charge in [0.05, 0.1) is 22.4 Å². The summed E-state index contributed by atoms with van der Waals surface area (Å²) >= 11 is 0. The van der Waals surface area contributed by atoms with Gasteiger partial charge in [-0.1, -0.05) is 176 Å². The van der Waals surface area contributed by atoms with Gasteiger partial charge in [-0.2, -0.15) is 0 Å². The highest BCUT2D eigenvalue weighted by Gasteiger charge is 2.20. The lowest BCUT2D eigenvalue weighted by Gasteiger charge is -2.18. The number of nitrogens with zero attached hydrogens (tertiary/aromatic N) is 3. The first-order valence-electron chi connectivity index (χ1n) is 18.3. The molecular formula is C51H33N3. The molecule has 0 aliphatic carbocycles. The van der Waals surface area contributed by atoms with Crippen LogP contribution in [0.25, 0.3) is 99.6 Å². The van der Waals surface area contributed by atoms with E-state index in [0.29, 0.717) is 0 Å². The van der Waals surface area contributed by atoms with Gasteiger partial charge >= 0.3 is 0 Å². The average molecular weight is 688 g/mol. The highest BCUT2D eigenvalue weighted by atomic mass is 14.8. The van der Waals surface area contributed by atoms with Crippen LogP contribution in [0.5, 0.6) is 0 Å². The van der Waals surface area contributed by atoms with Crippen LogP contribution in [-0.2, 0) is 0 Å². The fraction of sp³-hybridized carbons (Fsp3) is 0. The quantitative estimate of drug-likeness (QED) is 0.163. The van der Waals surface area contributed by atoms with Gasteiger partial charge in [0, 0.05) is 34.6 Å². The van der Waals surface area contributed by atoms with Crippen molar-refractivity contribution >= 4 is 32.6 Å². The molecule has 0 radical (unpaired) electrons. The van der Waals surface area contributed by atoms with Crippen molar-refractivity contribution in [2.24, 2.45) is 0 Å². The molecule has 0 aliphatic heterocycles. The van der Waals surface area contributed by atoms with E-state index >= 15 is 0 Å². The maximum Gasteiger partial charge on any atom is 0.0973 e. The summed E-state index contributed by atoms with van der Waals surface area (Å²) < 4.78 is 0. The fourth-order valence-corrected chi connectivity index (χ4v) is 7.94. The number of fused-ring (bicyclic) bond motifs is 3. The van der Waals surface area contributed by atoms with Crippen molar-refractivity contribution in [2.75, 3.05) is 0 Å². The zero-order chi connectivity index (χ0) is 35.8. The van der Waals surface area contributed by atoms with Crippen LogP contribution in [0.15, 0.2) is 200 Å². The molecule has 0 atom stereocenters. The van der Waals surface area contributed by atoms with Crippen molar-refractivity contribution in [1.82, 2.24) is 15.0 Å². The van der Waals surface area contributed by atoms with E-state index < -0.39 is 0 Å². The Morgan fingerprint density at radius 1 is 0.296 bits per heavy atom. The van der Waals surface area contributed by atoms with E-state index in [0.717, 1.165) is 55.8 Å². The number of benzene rings is 8. The van der Waals surface area contributed by atoms with Crippen molar-refractivity contribution in [3.8, 4) is 67.0 Å². The highest BCUT2D eigenvalue weighted by Crippen LogP contribution is 2.44. The van der Waals surface area contributed by atoms with Crippen LogP contribution >= 0.6 is 0 Å². The zero-order valence-corrected chi connectivity index (χ0v) is 29.4. The molecule has 10 rings (SSSR count). The molecule has 54 heavy (non-hydrogen) atoms. The standard InChI is InChI=1S/C51H33N3/c1-3-15-34(16-4-1)39-20-7-8-21-40(39)45-26-13-27-46-51(45)54-50(49(53-46)36-17-5-2-6-18-36)37-30-28-35(29-31-37)47-41-22-9-11-24-43(41)48(38-19-14-32-52-33-38)44-25-12-10-23-42(44)47/h1-33H. The van der Waals surface area contributed by atoms with Crippen molar-refractivity contribution in [3.05, 3.63) is 200 Å². The van der Waals surface area contributed by atoms with Crippen LogP contribution in [0.3, 0.4) is 0 Å². The molecule has 0 aliphatic rings. The summed E-state index contributed by atoms with van der Waals surface area (Å²) in [5, 5.41) is 4.83. The Labute approximate surface area is 313 Å². The molecule has 10 aromatic rings. The Balaban J connectivity index is 1.17. The molecule has 2 aromatic heterocycles. The molecule has 3 nitrogen and oxygen atoms in total. The summed E-state index contributed by atoms with van der Waals surface area (Å²) in [7, 11) is 0. The van der Waals surface area contributed by atoms with E-state index in [-0.39, 0.29) is 0 Å². The van der Waals surface area contributed by atoms with Gasteiger partial charge in [-0.05, 0) is 67.1 Å². The van der Waals surface area contributed by atoms with E-state index in [1.54, 1.807) is 0 Å². The number of hydrogen-bond acceptors (Lipinski definition) is 3. The molecule has 0 fully saturated rings. The van der Waals surface area contributed by atoms with E-state index in [9.17, 15) is 0 Å². The number of hydrogen-bond donors (Lipinski definition) is 0. The monoisotopic (exact) mass is 687 g/mol. The molecular weight excluding hydrogens is 655 g/mol. The zero-order valence-electron chi connectivity index (χ0n) is 29.4. The SMILES string of the molecule is c1ccc(-c2ccccc2-c2cccc3nc(-c4ccccc4)c(-c4ccc(-c5c6ccccc6c(-c6cccnc6)c6ccccc56)cc4)nc23)cc1. The second-order valence-corrected chi connectivity index (χ2v) is 13.5. The lowest BCUT2D eigenvalue weighted by Crippen LogP contribution is -1.98. The topological polar surface area (TPSA) is 38.7 Å². The molecule has 0 unspecified atom stereocenters. The third-order valence-electron chi connectivity index (χ3n) is 10.4. The van der Waals surface area contributed by atoms with E-state index in [4.69, 9.17) is 9.97 Å². The van der Waals surface area contributed by atoms with Gasteiger partial charge in [0.2, 0.25) is 0 Å². The van der Waals surface area contributed by atoms with Crippen LogP contribution in [0, 0.1) is 0 Å². The van der Waals surface area contributed by atoms with Crippen LogP contribution in [-0.4, -0.2) is 15.0 Å². The second-order valence-electron chi connectivity index (χ2n) is 13.5. The van der Waals surface area contributed by atoms with Crippen LogP contribution in [0.2, 0.25) is 0 Å². The maximum absolute atomic E-state index is 5.51. The first-order chi connectivity index (χ1) is 26.8. The Bertz CT molecular complexity index is 2900. The molecule has 0 saturated carbocycles. The number of pyridine rings is 1. The lowest BCUT2D eigenvalue weighted by atomic mass is 9.86. The molecule has 8 aromatic carbocycles. The Morgan fingerprint density at radius 2 is 0.778 bits per heavy atom. The van der Waals surface area contributed by atoms with E-state index in [1.165, 1.54) is 43.8 Å². The molecule has 0 bridgehead atoms. The smallest absolute Gasteiger partial charge is 0.0973 e. The molecule has 0 saturated heterocycles. The molecule has 0 amide bonds. The highest BCUT2D eigenvalue weighted by molar-refractivity contribution is 6.21. The summed E-state index contributed by atoms with van der Waals surface area (Å²) in [6, 6.07) is 66.3. The van der Waals surface area contributed by atoms with Crippen molar-refractivity contribution in [3.63, 3.8) is 0 Å². The van der Waals surface area contributed by atoms with Gasteiger partial charge in [0.1, 0.15) is 0 Å². The number of para-hydroxylation sites is 1. The third-order valence-corrected chi connectivity index (χ3v) is 10.4. The third kappa shape index (κ3) is 5.42. The van der Waals surface area contributed by atoms with Gasteiger partial charge in [-0.3, -0.25) is 4.98 Å². The summed E-state index contributed by atoms with van der Waals surface area (Å²) in [5.74, 6) is 0. The van der Waals surface area contributed by atoms with Gasteiger partial charge in [0.25, 0.3) is 0 Å². The van der Waals surface area contributed by atoms with E-state index in [2.05, 4.69) is 181 Å². The van der Waals surface area contributed by atoms with Crippen LogP contribution in [0.4, 0.5) is 0 Å². The van der Waals surface area contributed by atoms with E-state index in [1.807, 2.05) is 24.5 Å². The molecule has 0 N–H and O–H groups in total. The second kappa shape index (κ2) is 13.4. The largest absolute Gasteiger partial charge is 0.264 e. The van der Waals surface area contributed by atoms with Crippen molar-refractivity contribution in [2.45, 2.75) is 0 Å². The molecule has 0 spiro atoms. The van der Waals surface area contributed by atoms with Crippen molar-refractivity contribution < 1.29 is 0 Å². The minimum Gasteiger partial charge on any atom is -0.264 e. The molecule has 3 heteroatoms. The first-order valence-corrected chi connectivity index (χ1v) is 18.3. The van der Waals surface area contributed by atoms with Crippen LogP contribution < -0.4 is 0 Å². The summed E-state index contributed by atoms with van der Waals surface area (Å²) in [5.41, 5.74) is 14.7. The summed E-state index contributed by atoms with van der Waals surface area (Å²) in [4.78, 5) is 15.3. The Morgan fingerprint density at radius 3 is 1.41 bits per heavy atom. The maximum atomic E-state index is 5.51. The normalized spacial score (nSPS) is 11.3. The average Bonchev–Trinajstić information content (AvgIpc) is 3.26. The van der Waals surface area contributed by atoms with Gasteiger partial charge in [0.15, 0.2) is 0 Å². The number of rotatable bonds is 6. The lowest BCUT2D eigenvalue weighted by molar-refractivity contribution is 1.29. The molecule has 252 valence electrons. The summed E-state index contributed by atoms with van der Waals surface area (Å²) in [6.07, 6.45) is 3.79. The van der Waals surface area contributed by atoms with Gasteiger partial charge in [-0.25, -0.2) is 9.97 Å². The predicted octanol–water partition coefficient (Wildman–Crippen LogP) is 13.3. The molecule has 2 heterocycles. The van der Waals surface area contributed by atoms with Gasteiger partial charge in [-0.15, -0.1) is 0 Å². The Hall–Kier alpha value is -7.23. The number of aromatic nitrogens is 3. The van der Waals surface area contributed by atoms with Crippen LogP contribution in [0.1, 0.15) is 0 Å².